The van der Waals surface area contributed by atoms with Crippen molar-refractivity contribution in [1.29, 1.82) is 5.26 Å². The van der Waals surface area contributed by atoms with Crippen LogP contribution < -0.4 is 10.5 Å². The quantitative estimate of drug-likeness (QED) is 0.874. The summed E-state index contributed by atoms with van der Waals surface area (Å²) < 4.78 is 11.5. The molecule has 2 N–H and O–H groups in total. The molecular weight excluding hydrogens is 352 g/mol. The Kier molecular flexibility index (Phi) is 4.86. The Morgan fingerprint density at radius 1 is 1.14 bits per heavy atom. The summed E-state index contributed by atoms with van der Waals surface area (Å²) in [6, 6.07) is 19.5. The van der Waals surface area contributed by atoms with E-state index in [1.165, 1.54) is 0 Å². The SMILES string of the molecule is N#CC1=C(N)OC2=C(C(=O)CCC2)[C@H]1c1cccc(OCc2ccccc2)c1. The minimum Gasteiger partial charge on any atom is -0.489 e. The molecule has 0 amide bonds. The van der Waals surface area contributed by atoms with E-state index in [0.29, 0.717) is 36.5 Å². The average Bonchev–Trinajstić information content (AvgIpc) is 2.72. The van der Waals surface area contributed by atoms with E-state index in [9.17, 15) is 10.1 Å². The highest BCUT2D eigenvalue weighted by Crippen LogP contribution is 2.43. The number of Topliss-reactive ketones (excluding diaryl/α,β-unsaturated/α-hetero) is 1. The molecule has 0 saturated carbocycles. The van der Waals surface area contributed by atoms with Gasteiger partial charge in [0.1, 0.15) is 29.8 Å². The van der Waals surface area contributed by atoms with Crippen molar-refractivity contribution in [3.05, 3.63) is 88.5 Å². The van der Waals surface area contributed by atoms with Crippen LogP contribution in [0.3, 0.4) is 0 Å². The number of carbonyl (C=O) groups is 1. The summed E-state index contributed by atoms with van der Waals surface area (Å²) >= 11 is 0. The lowest BCUT2D eigenvalue weighted by molar-refractivity contribution is -0.116. The van der Waals surface area contributed by atoms with Crippen LogP contribution in [0.25, 0.3) is 0 Å². The monoisotopic (exact) mass is 372 g/mol. The van der Waals surface area contributed by atoms with Crippen LogP contribution in [0.15, 0.2) is 77.4 Å². The van der Waals surface area contributed by atoms with Crippen LogP contribution in [-0.2, 0) is 16.1 Å². The predicted octanol–water partition coefficient (Wildman–Crippen LogP) is 4.08. The van der Waals surface area contributed by atoms with Crippen molar-refractivity contribution < 1.29 is 14.3 Å². The molecule has 0 aromatic heterocycles. The highest BCUT2D eigenvalue weighted by molar-refractivity contribution is 5.99. The molecule has 2 aliphatic rings. The third-order valence-electron chi connectivity index (χ3n) is 5.04. The second-order valence-corrected chi connectivity index (χ2v) is 6.89. The maximum Gasteiger partial charge on any atom is 0.205 e. The van der Waals surface area contributed by atoms with E-state index in [0.717, 1.165) is 17.5 Å². The Morgan fingerprint density at radius 3 is 2.75 bits per heavy atom. The summed E-state index contributed by atoms with van der Waals surface area (Å²) in [5.41, 5.74) is 8.69. The van der Waals surface area contributed by atoms with Gasteiger partial charge in [-0.05, 0) is 29.7 Å². The van der Waals surface area contributed by atoms with Gasteiger partial charge in [-0.25, -0.2) is 0 Å². The fourth-order valence-corrected chi connectivity index (χ4v) is 3.71. The standard InChI is InChI=1S/C23H20N2O3/c24-13-18-21(22-19(26)10-5-11-20(22)28-23(18)25)16-8-4-9-17(12-16)27-14-15-6-2-1-3-7-15/h1-4,6-9,12,21H,5,10-11,14,25H2/t21-/m0/s1. The van der Waals surface area contributed by atoms with Crippen LogP contribution >= 0.6 is 0 Å². The third-order valence-corrected chi connectivity index (χ3v) is 5.04. The molecule has 1 aliphatic carbocycles. The van der Waals surface area contributed by atoms with Crippen molar-refractivity contribution in [2.24, 2.45) is 5.73 Å². The molecule has 140 valence electrons. The first-order chi connectivity index (χ1) is 13.7. The van der Waals surface area contributed by atoms with Crippen molar-refractivity contribution in [3.8, 4) is 11.8 Å². The first-order valence-corrected chi connectivity index (χ1v) is 9.28. The first kappa shape index (κ1) is 17.9. The lowest BCUT2D eigenvalue weighted by atomic mass is 9.77. The van der Waals surface area contributed by atoms with Gasteiger partial charge in [-0.1, -0.05) is 42.5 Å². The van der Waals surface area contributed by atoms with E-state index in [-0.39, 0.29) is 17.2 Å². The van der Waals surface area contributed by atoms with Gasteiger partial charge in [0.25, 0.3) is 0 Å². The summed E-state index contributed by atoms with van der Waals surface area (Å²) in [5.74, 6) is 0.850. The zero-order valence-corrected chi connectivity index (χ0v) is 15.4. The van der Waals surface area contributed by atoms with Gasteiger partial charge in [-0.2, -0.15) is 5.26 Å². The van der Waals surface area contributed by atoms with Crippen molar-refractivity contribution in [1.82, 2.24) is 0 Å². The van der Waals surface area contributed by atoms with Crippen molar-refractivity contribution in [2.45, 2.75) is 31.8 Å². The number of hydrogen-bond acceptors (Lipinski definition) is 5. The lowest BCUT2D eigenvalue weighted by Crippen LogP contribution is -2.27. The van der Waals surface area contributed by atoms with Crippen LogP contribution in [0, 0.1) is 11.3 Å². The van der Waals surface area contributed by atoms with Crippen LogP contribution in [0.2, 0.25) is 0 Å². The molecule has 0 bridgehead atoms. The van der Waals surface area contributed by atoms with E-state index in [1.54, 1.807) is 0 Å². The summed E-state index contributed by atoms with van der Waals surface area (Å²) in [6.45, 7) is 0.439. The number of benzene rings is 2. The Morgan fingerprint density at radius 2 is 1.96 bits per heavy atom. The van der Waals surface area contributed by atoms with Crippen LogP contribution in [0.5, 0.6) is 5.75 Å². The number of hydrogen-bond donors (Lipinski definition) is 1. The second kappa shape index (κ2) is 7.61. The van der Waals surface area contributed by atoms with E-state index in [1.807, 2.05) is 54.6 Å². The topological polar surface area (TPSA) is 85.3 Å². The maximum absolute atomic E-state index is 12.6. The van der Waals surface area contributed by atoms with Gasteiger partial charge in [0.15, 0.2) is 5.78 Å². The Hall–Kier alpha value is -3.52. The molecule has 1 atom stereocenters. The highest BCUT2D eigenvalue weighted by atomic mass is 16.5. The fourth-order valence-electron chi connectivity index (χ4n) is 3.71. The predicted molar refractivity (Wildman–Crippen MR) is 104 cm³/mol. The summed E-state index contributed by atoms with van der Waals surface area (Å²) in [5, 5.41) is 9.66. The molecular formula is C23H20N2O3. The summed E-state index contributed by atoms with van der Waals surface area (Å²) in [4.78, 5) is 12.6. The Balaban J connectivity index is 1.68. The normalized spacial score (nSPS) is 19.0. The molecule has 2 aromatic carbocycles. The number of nitriles is 1. The van der Waals surface area contributed by atoms with Gasteiger partial charge in [-0.3, -0.25) is 4.79 Å². The van der Waals surface area contributed by atoms with Crippen LogP contribution in [-0.4, -0.2) is 5.78 Å². The third kappa shape index (κ3) is 3.37. The van der Waals surface area contributed by atoms with Crippen LogP contribution in [0.4, 0.5) is 0 Å². The number of carbonyl (C=O) groups excluding carboxylic acids is 1. The number of ether oxygens (including phenoxy) is 2. The molecule has 2 aromatic rings. The lowest BCUT2D eigenvalue weighted by Gasteiger charge is -2.31. The van der Waals surface area contributed by atoms with E-state index in [4.69, 9.17) is 15.2 Å². The molecule has 0 saturated heterocycles. The minimum absolute atomic E-state index is 0.0158. The minimum atomic E-state index is -0.512. The first-order valence-electron chi connectivity index (χ1n) is 9.28. The van der Waals surface area contributed by atoms with Gasteiger partial charge in [0, 0.05) is 18.4 Å². The van der Waals surface area contributed by atoms with E-state index in [2.05, 4.69) is 6.07 Å². The molecule has 5 heteroatoms. The number of allylic oxidation sites excluding steroid dienone is 3. The molecule has 4 rings (SSSR count). The maximum atomic E-state index is 12.6. The number of nitrogens with two attached hydrogens (primary N) is 1. The zero-order chi connectivity index (χ0) is 19.5. The molecule has 0 unspecified atom stereocenters. The fraction of sp³-hybridized carbons (Fsp3) is 0.217. The number of ketones is 1. The molecule has 28 heavy (non-hydrogen) atoms. The van der Waals surface area contributed by atoms with Crippen LogP contribution in [0.1, 0.15) is 36.3 Å². The number of nitrogens with zero attached hydrogens (tertiary/aromatic N) is 1. The summed E-state index contributed by atoms with van der Waals surface area (Å²) in [7, 11) is 0. The molecule has 0 radical (unpaired) electrons. The van der Waals surface area contributed by atoms with Gasteiger partial charge < -0.3 is 15.2 Å². The molecule has 1 heterocycles. The van der Waals surface area contributed by atoms with Gasteiger partial charge in [0.2, 0.25) is 5.88 Å². The molecule has 0 fully saturated rings. The molecule has 0 spiro atoms. The average molecular weight is 372 g/mol. The van der Waals surface area contributed by atoms with E-state index < -0.39 is 5.92 Å². The smallest absolute Gasteiger partial charge is 0.205 e. The zero-order valence-electron chi connectivity index (χ0n) is 15.4. The molecule has 1 aliphatic heterocycles. The van der Waals surface area contributed by atoms with Crippen molar-refractivity contribution >= 4 is 5.78 Å². The Bertz CT molecular complexity index is 1020. The van der Waals surface area contributed by atoms with Crippen molar-refractivity contribution in [2.75, 3.05) is 0 Å². The van der Waals surface area contributed by atoms with Gasteiger partial charge in [-0.15, -0.1) is 0 Å². The largest absolute Gasteiger partial charge is 0.489 e. The van der Waals surface area contributed by atoms with Crippen molar-refractivity contribution in [3.63, 3.8) is 0 Å². The highest BCUT2D eigenvalue weighted by Gasteiger charge is 2.38. The molecule has 5 nitrogen and oxygen atoms in total. The van der Waals surface area contributed by atoms with Gasteiger partial charge in [0.05, 0.1) is 5.92 Å². The van der Waals surface area contributed by atoms with E-state index >= 15 is 0 Å². The number of rotatable bonds is 4. The Labute approximate surface area is 163 Å². The second-order valence-electron chi connectivity index (χ2n) is 6.89. The van der Waals surface area contributed by atoms with Gasteiger partial charge >= 0.3 is 0 Å². The summed E-state index contributed by atoms with van der Waals surface area (Å²) in [6.07, 6.45) is 1.85.